The summed E-state index contributed by atoms with van der Waals surface area (Å²) in [4.78, 5) is 31.3. The minimum atomic E-state index is -0.410. The van der Waals surface area contributed by atoms with E-state index in [9.17, 15) is 9.59 Å². The molecule has 170 valence electrons. The second-order valence-electron chi connectivity index (χ2n) is 8.05. The molecule has 1 atom stereocenters. The summed E-state index contributed by atoms with van der Waals surface area (Å²) < 4.78 is 8.28. The predicted octanol–water partition coefficient (Wildman–Crippen LogP) is 2.96. The van der Waals surface area contributed by atoms with Gasteiger partial charge in [0.15, 0.2) is 0 Å². The molecular weight excluding hydrogens is 418 g/mol. The molecule has 0 aliphatic carbocycles. The highest BCUT2D eigenvalue weighted by atomic mass is 16.5. The SMILES string of the molecule is COCCCn1c(=N)c(C(=O)N[C@H](C)c2ccccc2)cc2c(=O)n3cccc(C)c3nc21. The van der Waals surface area contributed by atoms with Gasteiger partial charge in [-0.15, -0.1) is 0 Å². The first-order valence-electron chi connectivity index (χ1n) is 10.9. The lowest BCUT2D eigenvalue weighted by Crippen LogP contribution is -2.36. The van der Waals surface area contributed by atoms with Gasteiger partial charge >= 0.3 is 0 Å². The maximum Gasteiger partial charge on any atom is 0.267 e. The lowest BCUT2D eigenvalue weighted by molar-refractivity contribution is 0.0937. The van der Waals surface area contributed by atoms with Crippen LogP contribution in [-0.2, 0) is 11.3 Å². The van der Waals surface area contributed by atoms with E-state index in [1.54, 1.807) is 23.9 Å². The molecule has 0 fully saturated rings. The van der Waals surface area contributed by atoms with E-state index in [-0.39, 0.29) is 22.7 Å². The third-order valence-electron chi connectivity index (χ3n) is 5.76. The predicted molar refractivity (Wildman–Crippen MR) is 126 cm³/mol. The fourth-order valence-electron chi connectivity index (χ4n) is 3.95. The Hall–Kier alpha value is -3.78. The van der Waals surface area contributed by atoms with Crippen LogP contribution in [0.5, 0.6) is 0 Å². The Morgan fingerprint density at radius 2 is 1.94 bits per heavy atom. The number of hydrogen-bond donors (Lipinski definition) is 2. The summed E-state index contributed by atoms with van der Waals surface area (Å²) >= 11 is 0. The van der Waals surface area contributed by atoms with Crippen molar-refractivity contribution in [2.45, 2.75) is 32.9 Å². The van der Waals surface area contributed by atoms with Gasteiger partial charge in [-0.2, -0.15) is 0 Å². The molecule has 0 radical (unpaired) electrons. The first-order chi connectivity index (χ1) is 15.9. The van der Waals surface area contributed by atoms with Gasteiger partial charge in [-0.05, 0) is 43.5 Å². The van der Waals surface area contributed by atoms with E-state index >= 15 is 0 Å². The van der Waals surface area contributed by atoms with Gasteiger partial charge in [-0.1, -0.05) is 36.4 Å². The lowest BCUT2D eigenvalue weighted by Gasteiger charge is -2.17. The topological polar surface area (TPSA) is 101 Å². The molecule has 8 heteroatoms. The number of hydrogen-bond acceptors (Lipinski definition) is 5. The van der Waals surface area contributed by atoms with Crippen LogP contribution in [0.4, 0.5) is 0 Å². The summed E-state index contributed by atoms with van der Waals surface area (Å²) in [5.41, 5.74) is 2.60. The fraction of sp³-hybridized carbons (Fsp3) is 0.280. The third kappa shape index (κ3) is 4.29. The fourth-order valence-corrected chi connectivity index (χ4v) is 3.95. The molecule has 0 aliphatic heterocycles. The average Bonchev–Trinajstić information content (AvgIpc) is 2.82. The Morgan fingerprint density at radius 3 is 2.67 bits per heavy atom. The first-order valence-corrected chi connectivity index (χ1v) is 10.9. The zero-order valence-electron chi connectivity index (χ0n) is 19.0. The number of ether oxygens (including phenoxy) is 1. The number of pyridine rings is 2. The molecule has 0 unspecified atom stereocenters. The van der Waals surface area contributed by atoms with Crippen molar-refractivity contribution >= 4 is 22.6 Å². The molecule has 3 heterocycles. The Kier molecular flexibility index (Phi) is 6.37. The summed E-state index contributed by atoms with van der Waals surface area (Å²) in [7, 11) is 1.61. The zero-order chi connectivity index (χ0) is 23.5. The highest BCUT2D eigenvalue weighted by Crippen LogP contribution is 2.15. The summed E-state index contributed by atoms with van der Waals surface area (Å²) in [6.45, 7) is 4.66. The lowest BCUT2D eigenvalue weighted by atomic mass is 10.1. The van der Waals surface area contributed by atoms with Crippen LogP contribution < -0.4 is 16.4 Å². The monoisotopic (exact) mass is 445 g/mol. The molecule has 0 bridgehead atoms. The van der Waals surface area contributed by atoms with Gasteiger partial charge in [0.1, 0.15) is 16.8 Å². The molecule has 33 heavy (non-hydrogen) atoms. The molecule has 4 aromatic rings. The van der Waals surface area contributed by atoms with Crippen molar-refractivity contribution in [2.75, 3.05) is 13.7 Å². The van der Waals surface area contributed by atoms with Crippen LogP contribution in [0.15, 0.2) is 59.5 Å². The van der Waals surface area contributed by atoms with Gasteiger partial charge in [0.2, 0.25) is 0 Å². The number of aryl methyl sites for hydroxylation is 2. The Labute approximate surface area is 191 Å². The second kappa shape index (κ2) is 9.38. The van der Waals surface area contributed by atoms with Crippen LogP contribution in [0.2, 0.25) is 0 Å². The van der Waals surface area contributed by atoms with Gasteiger partial charge in [0.25, 0.3) is 11.5 Å². The largest absolute Gasteiger partial charge is 0.385 e. The number of benzene rings is 1. The highest BCUT2D eigenvalue weighted by molar-refractivity contribution is 5.97. The number of rotatable bonds is 7. The Balaban J connectivity index is 1.88. The van der Waals surface area contributed by atoms with Gasteiger partial charge in [-0.25, -0.2) is 4.98 Å². The van der Waals surface area contributed by atoms with Crippen molar-refractivity contribution in [1.82, 2.24) is 19.3 Å². The number of nitrogens with zero attached hydrogens (tertiary/aromatic N) is 3. The van der Waals surface area contributed by atoms with E-state index in [1.165, 1.54) is 10.5 Å². The molecular formula is C25H27N5O3. The number of methoxy groups -OCH3 is 1. The molecule has 0 saturated heterocycles. The standard InChI is InChI=1S/C25H27N5O3/c1-16-9-7-12-30-22(16)28-23-20(25(30)32)15-19(21(26)29(23)13-8-14-33-3)24(31)27-17(2)18-10-5-4-6-11-18/h4-7,9-12,15,17,26H,8,13-14H2,1-3H3,(H,27,31)/t17-/m1/s1. The number of aromatic nitrogens is 3. The quantitative estimate of drug-likeness (QED) is 0.337. The summed E-state index contributed by atoms with van der Waals surface area (Å²) in [5, 5.41) is 12.0. The molecule has 0 saturated carbocycles. The number of nitrogens with one attached hydrogen (secondary N) is 2. The molecule has 0 spiro atoms. The molecule has 0 aliphatic rings. The van der Waals surface area contributed by atoms with E-state index < -0.39 is 5.91 Å². The highest BCUT2D eigenvalue weighted by Gasteiger charge is 2.19. The van der Waals surface area contributed by atoms with Crippen LogP contribution in [0, 0.1) is 12.3 Å². The van der Waals surface area contributed by atoms with E-state index in [2.05, 4.69) is 5.32 Å². The van der Waals surface area contributed by atoms with E-state index in [1.807, 2.05) is 50.2 Å². The minimum Gasteiger partial charge on any atom is -0.385 e. The second-order valence-corrected chi connectivity index (χ2v) is 8.05. The Bertz CT molecular complexity index is 1440. The number of carbonyl (C=O) groups excluding carboxylic acids is 1. The molecule has 4 rings (SSSR count). The van der Waals surface area contributed by atoms with Gasteiger partial charge in [0, 0.05) is 26.5 Å². The number of amides is 1. The minimum absolute atomic E-state index is 0.0150. The van der Waals surface area contributed by atoms with Gasteiger partial charge < -0.3 is 14.6 Å². The van der Waals surface area contributed by atoms with Gasteiger partial charge in [0.05, 0.1) is 17.0 Å². The van der Waals surface area contributed by atoms with E-state index in [0.29, 0.717) is 36.3 Å². The zero-order valence-corrected chi connectivity index (χ0v) is 19.0. The Morgan fingerprint density at radius 1 is 1.18 bits per heavy atom. The normalized spacial score (nSPS) is 12.2. The average molecular weight is 446 g/mol. The van der Waals surface area contributed by atoms with Crippen LogP contribution in [0.25, 0.3) is 16.7 Å². The van der Waals surface area contributed by atoms with E-state index in [0.717, 1.165) is 11.1 Å². The van der Waals surface area contributed by atoms with E-state index in [4.69, 9.17) is 15.1 Å². The summed E-state index contributed by atoms with van der Waals surface area (Å²) in [5.74, 6) is -0.410. The van der Waals surface area contributed by atoms with Gasteiger partial charge in [-0.3, -0.25) is 19.4 Å². The van der Waals surface area contributed by atoms with Crippen LogP contribution in [-0.4, -0.2) is 33.6 Å². The van der Waals surface area contributed by atoms with Crippen molar-refractivity contribution in [3.63, 3.8) is 0 Å². The van der Waals surface area contributed by atoms with Crippen molar-refractivity contribution in [2.24, 2.45) is 0 Å². The first kappa shape index (κ1) is 22.4. The molecule has 1 aromatic carbocycles. The number of fused-ring (bicyclic) bond motifs is 2. The smallest absolute Gasteiger partial charge is 0.267 e. The number of carbonyl (C=O) groups is 1. The molecule has 3 aromatic heterocycles. The summed E-state index contributed by atoms with van der Waals surface area (Å²) in [6.07, 6.45) is 2.28. The van der Waals surface area contributed by atoms with Crippen LogP contribution >= 0.6 is 0 Å². The molecule has 1 amide bonds. The molecule has 8 nitrogen and oxygen atoms in total. The van der Waals surface area contributed by atoms with Crippen molar-refractivity contribution < 1.29 is 9.53 Å². The van der Waals surface area contributed by atoms with Crippen molar-refractivity contribution in [3.05, 3.63) is 87.3 Å². The van der Waals surface area contributed by atoms with Crippen LogP contribution in [0.3, 0.4) is 0 Å². The van der Waals surface area contributed by atoms with Crippen LogP contribution in [0.1, 0.15) is 40.9 Å². The third-order valence-corrected chi connectivity index (χ3v) is 5.76. The summed E-state index contributed by atoms with van der Waals surface area (Å²) in [6, 6.07) is 14.5. The van der Waals surface area contributed by atoms with Crippen molar-refractivity contribution in [1.29, 1.82) is 5.41 Å². The maximum atomic E-state index is 13.3. The van der Waals surface area contributed by atoms with Crippen molar-refractivity contribution in [3.8, 4) is 0 Å². The maximum absolute atomic E-state index is 13.3. The molecule has 2 N–H and O–H groups in total.